The topological polar surface area (TPSA) is 79.8 Å². The summed E-state index contributed by atoms with van der Waals surface area (Å²) in [4.78, 5) is 4.22. The first-order valence-corrected chi connectivity index (χ1v) is 10.4. The van der Waals surface area contributed by atoms with E-state index in [1.54, 1.807) is 14.2 Å². The molecule has 0 aromatic heterocycles. The van der Waals surface area contributed by atoms with Crippen LogP contribution in [0.1, 0.15) is 31.4 Å². The van der Waals surface area contributed by atoms with E-state index in [0.717, 1.165) is 16.9 Å². The summed E-state index contributed by atoms with van der Waals surface area (Å²) in [5.74, 6) is 1.71. The minimum Gasteiger partial charge on any atom is -0.496 e. The summed E-state index contributed by atoms with van der Waals surface area (Å²) < 4.78 is 28.1. The molecule has 0 unspecified atom stereocenters. The number of hydrogen-bond acceptors (Lipinski definition) is 4. The molecular weight excluding hydrogens is 338 g/mol. The highest BCUT2D eigenvalue weighted by atomic mass is 32.2. The lowest BCUT2D eigenvalue weighted by atomic mass is 9.90. The molecule has 0 spiro atoms. The number of rotatable bonds is 8. The molecule has 0 heterocycles. The smallest absolute Gasteiger partial charge is 0.191 e. The molecule has 7 heteroatoms. The van der Waals surface area contributed by atoms with Gasteiger partial charge in [-0.05, 0) is 30.4 Å². The Morgan fingerprint density at radius 3 is 2.52 bits per heavy atom. The van der Waals surface area contributed by atoms with Gasteiger partial charge in [-0.15, -0.1) is 0 Å². The first kappa shape index (κ1) is 21.3. The average molecular weight is 370 g/mol. The van der Waals surface area contributed by atoms with Gasteiger partial charge in [-0.1, -0.05) is 26.0 Å². The van der Waals surface area contributed by atoms with Gasteiger partial charge < -0.3 is 15.4 Å². The van der Waals surface area contributed by atoms with Crippen LogP contribution in [0.4, 0.5) is 0 Å². The van der Waals surface area contributed by atoms with Crippen molar-refractivity contribution in [3.05, 3.63) is 29.3 Å². The van der Waals surface area contributed by atoms with Crippen LogP contribution < -0.4 is 15.4 Å². The molecule has 6 nitrogen and oxygen atoms in total. The minimum atomic E-state index is -2.95. The fourth-order valence-electron chi connectivity index (χ4n) is 2.27. The average Bonchev–Trinajstić information content (AvgIpc) is 2.53. The molecule has 1 aromatic carbocycles. The van der Waals surface area contributed by atoms with Crippen molar-refractivity contribution in [3.8, 4) is 5.75 Å². The number of nitrogens with one attached hydrogen (secondary N) is 2. The van der Waals surface area contributed by atoms with Gasteiger partial charge in [0.2, 0.25) is 0 Å². The van der Waals surface area contributed by atoms with E-state index in [0.29, 0.717) is 25.5 Å². The highest BCUT2D eigenvalue weighted by molar-refractivity contribution is 7.90. The van der Waals surface area contributed by atoms with Crippen LogP contribution in [0.3, 0.4) is 0 Å². The van der Waals surface area contributed by atoms with Crippen LogP contribution in [-0.4, -0.2) is 47.1 Å². The molecule has 0 radical (unpaired) electrons. The number of aliphatic imine (C=N–C) groups is 1. The highest BCUT2D eigenvalue weighted by Gasteiger charge is 2.20. The van der Waals surface area contributed by atoms with Gasteiger partial charge in [-0.25, -0.2) is 8.42 Å². The van der Waals surface area contributed by atoms with E-state index in [1.807, 2.05) is 39.0 Å². The molecule has 1 aromatic rings. The molecule has 0 atom stereocenters. The van der Waals surface area contributed by atoms with Crippen LogP contribution >= 0.6 is 0 Å². The van der Waals surface area contributed by atoms with Gasteiger partial charge in [0.05, 0.1) is 12.9 Å². The number of hydrogen-bond donors (Lipinski definition) is 2. The maximum Gasteiger partial charge on any atom is 0.191 e. The first-order chi connectivity index (χ1) is 11.6. The summed E-state index contributed by atoms with van der Waals surface area (Å²) in [6, 6.07) is 6.08. The van der Waals surface area contributed by atoms with Gasteiger partial charge in [-0.3, -0.25) is 4.99 Å². The Bertz CT molecular complexity index is 698. The van der Waals surface area contributed by atoms with Gasteiger partial charge in [0.1, 0.15) is 15.6 Å². The Hall–Kier alpha value is -1.76. The normalized spacial score (nSPS) is 12.8. The number of ether oxygens (including phenoxy) is 1. The molecular formula is C18H31N3O3S. The summed E-state index contributed by atoms with van der Waals surface area (Å²) in [5.41, 5.74) is 2.05. The van der Waals surface area contributed by atoms with Crippen molar-refractivity contribution in [1.82, 2.24) is 10.6 Å². The molecule has 0 aliphatic heterocycles. The van der Waals surface area contributed by atoms with Crippen molar-refractivity contribution < 1.29 is 13.2 Å². The van der Waals surface area contributed by atoms with Crippen LogP contribution in [0.5, 0.6) is 5.75 Å². The van der Waals surface area contributed by atoms with E-state index in [4.69, 9.17) is 4.74 Å². The predicted octanol–water partition coefficient (Wildman–Crippen LogP) is 2.13. The third kappa shape index (κ3) is 8.25. The number of guanidine groups is 1. The monoisotopic (exact) mass is 369 g/mol. The zero-order chi connectivity index (χ0) is 19.1. The molecule has 0 aliphatic carbocycles. The van der Waals surface area contributed by atoms with Crippen LogP contribution in [-0.2, 0) is 16.4 Å². The Balaban J connectivity index is 2.58. The first-order valence-electron chi connectivity index (χ1n) is 8.32. The van der Waals surface area contributed by atoms with Gasteiger partial charge in [0, 0.05) is 32.0 Å². The quantitative estimate of drug-likeness (QED) is 0.542. The second-order valence-corrected chi connectivity index (χ2v) is 9.40. The molecule has 0 saturated heterocycles. The van der Waals surface area contributed by atoms with Crippen molar-refractivity contribution in [2.45, 2.75) is 33.7 Å². The number of aryl methyl sites for hydroxylation is 1. The summed E-state index contributed by atoms with van der Waals surface area (Å²) in [6.07, 6.45) is 1.87. The van der Waals surface area contributed by atoms with E-state index >= 15 is 0 Å². The Morgan fingerprint density at radius 1 is 1.28 bits per heavy atom. The molecule has 1 rings (SSSR count). The lowest BCUT2D eigenvalue weighted by Gasteiger charge is -2.26. The summed E-state index contributed by atoms with van der Waals surface area (Å²) in [6.45, 7) is 7.34. The highest BCUT2D eigenvalue weighted by Crippen LogP contribution is 2.20. The minimum absolute atomic E-state index is 0.151. The van der Waals surface area contributed by atoms with Crippen LogP contribution in [0, 0.1) is 12.3 Å². The second-order valence-electron chi connectivity index (χ2n) is 7.14. The van der Waals surface area contributed by atoms with Crippen molar-refractivity contribution in [2.75, 3.05) is 32.7 Å². The third-order valence-corrected chi connectivity index (χ3v) is 4.94. The SMILES string of the molecule is CN=C(NCc1ccc(C)cc1OC)NCC(C)(C)CCS(C)(=O)=O. The summed E-state index contributed by atoms with van der Waals surface area (Å²) in [7, 11) is 0.429. The van der Waals surface area contributed by atoms with E-state index in [-0.39, 0.29) is 11.2 Å². The molecule has 0 saturated carbocycles. The molecule has 25 heavy (non-hydrogen) atoms. The zero-order valence-electron chi connectivity index (χ0n) is 16.1. The largest absolute Gasteiger partial charge is 0.496 e. The molecule has 142 valence electrons. The van der Waals surface area contributed by atoms with Gasteiger partial charge >= 0.3 is 0 Å². The van der Waals surface area contributed by atoms with E-state index in [9.17, 15) is 8.42 Å². The molecule has 0 amide bonds. The van der Waals surface area contributed by atoms with Crippen molar-refractivity contribution in [2.24, 2.45) is 10.4 Å². The van der Waals surface area contributed by atoms with Crippen LogP contribution in [0.15, 0.2) is 23.2 Å². The predicted molar refractivity (Wildman–Crippen MR) is 104 cm³/mol. The lowest BCUT2D eigenvalue weighted by molar-refractivity contribution is 0.348. The maximum atomic E-state index is 11.3. The number of sulfone groups is 1. The van der Waals surface area contributed by atoms with Crippen molar-refractivity contribution in [1.29, 1.82) is 0 Å². The second kappa shape index (κ2) is 9.08. The Kier molecular flexibility index (Phi) is 7.73. The van der Waals surface area contributed by atoms with E-state index < -0.39 is 9.84 Å². The van der Waals surface area contributed by atoms with Crippen molar-refractivity contribution in [3.63, 3.8) is 0 Å². The Morgan fingerprint density at radius 2 is 1.96 bits per heavy atom. The Labute approximate surface area is 152 Å². The zero-order valence-corrected chi connectivity index (χ0v) is 17.0. The molecule has 0 aliphatic rings. The van der Waals surface area contributed by atoms with Crippen LogP contribution in [0.25, 0.3) is 0 Å². The fraction of sp³-hybridized carbons (Fsp3) is 0.611. The van der Waals surface area contributed by atoms with Gasteiger partial charge in [-0.2, -0.15) is 0 Å². The third-order valence-electron chi connectivity index (χ3n) is 4.00. The summed E-state index contributed by atoms with van der Waals surface area (Å²) in [5, 5.41) is 6.53. The van der Waals surface area contributed by atoms with E-state index in [1.165, 1.54) is 6.26 Å². The van der Waals surface area contributed by atoms with Gasteiger partial charge in [0.25, 0.3) is 0 Å². The fourth-order valence-corrected chi connectivity index (χ4v) is 3.19. The van der Waals surface area contributed by atoms with Crippen LogP contribution in [0.2, 0.25) is 0 Å². The number of methoxy groups -OCH3 is 1. The molecule has 0 bridgehead atoms. The molecule has 0 fully saturated rings. The van der Waals surface area contributed by atoms with Gasteiger partial charge in [0.15, 0.2) is 5.96 Å². The lowest BCUT2D eigenvalue weighted by Crippen LogP contribution is -2.42. The maximum absolute atomic E-state index is 11.3. The standard InChI is InChI=1S/C18H31N3O3S/c1-14-7-8-15(16(11-14)24-5)12-20-17(19-4)21-13-18(2,3)9-10-25(6,22)23/h7-8,11H,9-10,12-13H2,1-6H3,(H2,19,20,21). The molecule has 2 N–H and O–H groups in total. The number of nitrogens with zero attached hydrogens (tertiary/aromatic N) is 1. The summed E-state index contributed by atoms with van der Waals surface area (Å²) >= 11 is 0. The number of benzene rings is 1. The van der Waals surface area contributed by atoms with Crippen molar-refractivity contribution >= 4 is 15.8 Å². The van der Waals surface area contributed by atoms with E-state index in [2.05, 4.69) is 15.6 Å².